The third kappa shape index (κ3) is 4.18. The summed E-state index contributed by atoms with van der Waals surface area (Å²) in [6.45, 7) is 1.58. The first-order valence-corrected chi connectivity index (χ1v) is 9.95. The van der Waals surface area contributed by atoms with E-state index in [9.17, 15) is 4.79 Å². The Morgan fingerprint density at radius 3 is 2.81 bits per heavy atom. The van der Waals surface area contributed by atoms with Crippen LogP contribution in [0, 0.1) is 0 Å². The van der Waals surface area contributed by atoms with Gasteiger partial charge in [0.15, 0.2) is 0 Å². The summed E-state index contributed by atoms with van der Waals surface area (Å²) < 4.78 is 0. The van der Waals surface area contributed by atoms with Crippen LogP contribution in [-0.4, -0.2) is 29.0 Å². The molecule has 0 unspecified atom stereocenters. The number of nitrogens with zero attached hydrogens (tertiary/aromatic N) is 3. The summed E-state index contributed by atoms with van der Waals surface area (Å²) in [5, 5.41) is 3.31. The fourth-order valence-electron chi connectivity index (χ4n) is 3.90. The van der Waals surface area contributed by atoms with Crippen molar-refractivity contribution in [1.29, 1.82) is 0 Å². The van der Waals surface area contributed by atoms with E-state index in [1.165, 1.54) is 36.8 Å². The summed E-state index contributed by atoms with van der Waals surface area (Å²) in [5.41, 5.74) is 4.16. The van der Waals surface area contributed by atoms with Crippen LogP contribution in [0.1, 0.15) is 54.6 Å². The number of amides is 1. The first kappa shape index (κ1) is 17.7. The topological polar surface area (TPSA) is 58.1 Å². The SMILES string of the molecule is O=C(c1cnc(NCCC2=CCCCC2)cn1)N1CCCc2ccccc21. The van der Waals surface area contributed by atoms with Crippen molar-refractivity contribution in [2.24, 2.45) is 0 Å². The van der Waals surface area contributed by atoms with Crippen LogP contribution in [0.2, 0.25) is 0 Å². The molecule has 4 rings (SSSR count). The lowest BCUT2D eigenvalue weighted by Crippen LogP contribution is -2.36. The lowest BCUT2D eigenvalue weighted by atomic mass is 9.97. The van der Waals surface area contributed by atoms with E-state index in [2.05, 4.69) is 27.4 Å². The number of carbonyl (C=O) groups is 1. The molecule has 1 aliphatic heterocycles. The number of carbonyl (C=O) groups excluding carboxylic acids is 1. The van der Waals surface area contributed by atoms with Crippen molar-refractivity contribution in [3.8, 4) is 0 Å². The Hall–Kier alpha value is -2.69. The van der Waals surface area contributed by atoms with Gasteiger partial charge in [0.2, 0.25) is 0 Å². The molecule has 0 fully saturated rings. The van der Waals surface area contributed by atoms with Gasteiger partial charge in [-0.1, -0.05) is 29.8 Å². The van der Waals surface area contributed by atoms with Crippen LogP contribution < -0.4 is 10.2 Å². The van der Waals surface area contributed by atoms with Crippen molar-refractivity contribution in [1.82, 2.24) is 9.97 Å². The zero-order valence-corrected chi connectivity index (χ0v) is 15.7. The van der Waals surface area contributed by atoms with Crippen LogP contribution in [0.5, 0.6) is 0 Å². The largest absolute Gasteiger partial charge is 0.368 e. The number of hydrogen-bond donors (Lipinski definition) is 1. The van der Waals surface area contributed by atoms with Gasteiger partial charge >= 0.3 is 0 Å². The molecular formula is C22H26N4O. The summed E-state index contributed by atoms with van der Waals surface area (Å²) >= 11 is 0. The van der Waals surface area contributed by atoms with E-state index in [-0.39, 0.29) is 5.91 Å². The van der Waals surface area contributed by atoms with Crippen molar-refractivity contribution in [3.63, 3.8) is 0 Å². The second-order valence-corrected chi connectivity index (χ2v) is 7.26. The molecule has 1 aliphatic carbocycles. The molecule has 2 aliphatic rings. The van der Waals surface area contributed by atoms with Gasteiger partial charge in [-0.2, -0.15) is 0 Å². The summed E-state index contributed by atoms with van der Waals surface area (Å²) in [4.78, 5) is 23.5. The van der Waals surface area contributed by atoms with Crippen molar-refractivity contribution in [2.75, 3.05) is 23.3 Å². The quantitative estimate of drug-likeness (QED) is 0.802. The molecule has 5 heteroatoms. The minimum atomic E-state index is -0.0754. The number of hydrogen-bond acceptors (Lipinski definition) is 4. The number of aryl methyl sites for hydroxylation is 1. The molecule has 2 aromatic rings. The smallest absolute Gasteiger partial charge is 0.278 e. The number of benzene rings is 1. The predicted molar refractivity (Wildman–Crippen MR) is 108 cm³/mol. The Bertz CT molecular complexity index is 828. The second kappa shape index (κ2) is 8.33. The average Bonchev–Trinajstić information content (AvgIpc) is 2.74. The molecule has 1 aromatic carbocycles. The third-order valence-corrected chi connectivity index (χ3v) is 5.36. The number of para-hydroxylation sites is 1. The van der Waals surface area contributed by atoms with Gasteiger partial charge in [0, 0.05) is 18.8 Å². The second-order valence-electron chi connectivity index (χ2n) is 7.26. The Morgan fingerprint density at radius 2 is 2.00 bits per heavy atom. The molecule has 140 valence electrons. The van der Waals surface area contributed by atoms with Gasteiger partial charge in [0.1, 0.15) is 11.5 Å². The molecule has 2 heterocycles. The number of anilines is 2. The highest BCUT2D eigenvalue weighted by Crippen LogP contribution is 2.27. The van der Waals surface area contributed by atoms with Crippen molar-refractivity contribution >= 4 is 17.4 Å². The Kier molecular flexibility index (Phi) is 5.47. The van der Waals surface area contributed by atoms with Crippen LogP contribution in [0.4, 0.5) is 11.5 Å². The maximum absolute atomic E-state index is 12.9. The van der Waals surface area contributed by atoms with Gasteiger partial charge in [-0.15, -0.1) is 0 Å². The van der Waals surface area contributed by atoms with E-state index in [0.29, 0.717) is 5.69 Å². The van der Waals surface area contributed by atoms with Gasteiger partial charge in [0.05, 0.1) is 12.4 Å². The lowest BCUT2D eigenvalue weighted by molar-refractivity contribution is 0.0980. The summed E-state index contributed by atoms with van der Waals surface area (Å²) in [7, 11) is 0. The van der Waals surface area contributed by atoms with Gasteiger partial charge in [0.25, 0.3) is 5.91 Å². The van der Waals surface area contributed by atoms with E-state index >= 15 is 0 Å². The highest BCUT2D eigenvalue weighted by Gasteiger charge is 2.24. The van der Waals surface area contributed by atoms with E-state index in [1.54, 1.807) is 12.4 Å². The predicted octanol–water partition coefficient (Wildman–Crippen LogP) is 4.37. The number of aromatic nitrogens is 2. The zero-order chi connectivity index (χ0) is 18.5. The molecule has 1 aromatic heterocycles. The first-order valence-electron chi connectivity index (χ1n) is 9.95. The molecule has 0 atom stereocenters. The maximum Gasteiger partial charge on any atom is 0.278 e. The van der Waals surface area contributed by atoms with E-state index in [1.807, 2.05) is 23.1 Å². The van der Waals surface area contributed by atoms with Gasteiger partial charge in [-0.3, -0.25) is 4.79 Å². The number of nitrogens with one attached hydrogen (secondary N) is 1. The minimum absolute atomic E-state index is 0.0754. The van der Waals surface area contributed by atoms with Crippen molar-refractivity contribution < 1.29 is 4.79 Å². The van der Waals surface area contributed by atoms with Crippen LogP contribution in [0.25, 0.3) is 0 Å². The highest BCUT2D eigenvalue weighted by atomic mass is 16.2. The molecule has 0 radical (unpaired) electrons. The fourth-order valence-corrected chi connectivity index (χ4v) is 3.90. The normalized spacial score (nSPS) is 16.4. The molecule has 1 N–H and O–H groups in total. The summed E-state index contributed by atoms with van der Waals surface area (Å²) in [5.74, 6) is 0.649. The van der Waals surface area contributed by atoms with Crippen LogP contribution in [0.3, 0.4) is 0 Å². The van der Waals surface area contributed by atoms with Crippen molar-refractivity contribution in [3.05, 3.63) is 59.6 Å². The Morgan fingerprint density at radius 1 is 1.07 bits per heavy atom. The third-order valence-electron chi connectivity index (χ3n) is 5.36. The highest BCUT2D eigenvalue weighted by molar-refractivity contribution is 6.05. The van der Waals surface area contributed by atoms with Gasteiger partial charge < -0.3 is 10.2 Å². The Labute approximate surface area is 160 Å². The average molecular weight is 362 g/mol. The molecular weight excluding hydrogens is 336 g/mol. The first-order chi connectivity index (χ1) is 13.3. The van der Waals surface area contributed by atoms with E-state index in [4.69, 9.17) is 0 Å². The van der Waals surface area contributed by atoms with E-state index in [0.717, 1.165) is 43.9 Å². The maximum atomic E-state index is 12.9. The molecule has 0 bridgehead atoms. The monoisotopic (exact) mass is 362 g/mol. The molecule has 1 amide bonds. The number of rotatable bonds is 5. The van der Waals surface area contributed by atoms with Gasteiger partial charge in [-0.05, 0) is 56.6 Å². The molecule has 0 saturated heterocycles. The van der Waals surface area contributed by atoms with E-state index < -0.39 is 0 Å². The minimum Gasteiger partial charge on any atom is -0.368 e. The zero-order valence-electron chi connectivity index (χ0n) is 15.7. The van der Waals surface area contributed by atoms with Crippen LogP contribution in [-0.2, 0) is 6.42 Å². The van der Waals surface area contributed by atoms with Crippen molar-refractivity contribution in [2.45, 2.75) is 44.9 Å². The number of allylic oxidation sites excluding steroid dienone is 1. The molecule has 0 saturated carbocycles. The molecule has 27 heavy (non-hydrogen) atoms. The Balaban J connectivity index is 1.37. The van der Waals surface area contributed by atoms with Crippen LogP contribution >= 0.6 is 0 Å². The number of fused-ring (bicyclic) bond motifs is 1. The standard InChI is InChI=1S/C22H26N4O/c27-22(26-14-6-10-18-9-4-5-11-20(18)26)19-15-25-21(16-24-19)23-13-12-17-7-2-1-3-8-17/h4-5,7,9,11,15-16H,1-3,6,8,10,12-14H2,(H,23,25). The lowest BCUT2D eigenvalue weighted by Gasteiger charge is -2.29. The fraction of sp³-hybridized carbons (Fsp3) is 0.409. The van der Waals surface area contributed by atoms with Gasteiger partial charge in [-0.25, -0.2) is 9.97 Å². The summed E-state index contributed by atoms with van der Waals surface area (Å²) in [6, 6.07) is 8.10. The summed E-state index contributed by atoms with van der Waals surface area (Å²) in [6.07, 6.45) is 13.7. The molecule has 5 nitrogen and oxygen atoms in total. The van der Waals surface area contributed by atoms with Crippen LogP contribution in [0.15, 0.2) is 48.3 Å². The molecule has 0 spiro atoms.